The number of azide groups is 1. The van der Waals surface area contributed by atoms with Crippen LogP contribution in [0.4, 0.5) is 0 Å². The number of nitrogens with zero attached hydrogens (tertiary/aromatic N) is 4. The molecule has 2 unspecified atom stereocenters. The van der Waals surface area contributed by atoms with Crippen LogP contribution < -0.4 is 0 Å². The van der Waals surface area contributed by atoms with E-state index in [-0.39, 0.29) is 6.10 Å². The summed E-state index contributed by atoms with van der Waals surface area (Å²) in [7, 11) is 0. The standard InChI is InChI=1S/C8H16N4O2/c1-2-14-8-6-12(5-7(8)13)4-3-10-11-9/h7-8,13H,2-6H2,1H3. The molecule has 0 aromatic carbocycles. The smallest absolute Gasteiger partial charge is 0.0972 e. The second-order valence-electron chi connectivity index (χ2n) is 3.28. The molecule has 1 saturated heterocycles. The molecule has 1 fully saturated rings. The van der Waals surface area contributed by atoms with Gasteiger partial charge < -0.3 is 9.84 Å². The third kappa shape index (κ3) is 3.16. The summed E-state index contributed by atoms with van der Waals surface area (Å²) >= 11 is 0. The lowest BCUT2D eigenvalue weighted by Crippen LogP contribution is -2.27. The quantitative estimate of drug-likeness (QED) is 0.395. The first-order valence-electron chi connectivity index (χ1n) is 4.80. The Morgan fingerprint density at radius 3 is 3.07 bits per heavy atom. The molecule has 0 saturated carbocycles. The van der Waals surface area contributed by atoms with E-state index < -0.39 is 6.10 Å². The summed E-state index contributed by atoms with van der Waals surface area (Å²) in [5.41, 5.74) is 8.09. The van der Waals surface area contributed by atoms with Gasteiger partial charge in [-0.05, 0) is 12.5 Å². The molecule has 1 rings (SSSR count). The van der Waals surface area contributed by atoms with Gasteiger partial charge in [0.1, 0.15) is 0 Å². The maximum Gasteiger partial charge on any atom is 0.0972 e. The number of ether oxygens (including phenoxy) is 1. The average Bonchev–Trinajstić information content (AvgIpc) is 2.49. The van der Waals surface area contributed by atoms with Crippen LogP contribution in [0.15, 0.2) is 5.11 Å². The Kier molecular flexibility index (Phi) is 4.69. The van der Waals surface area contributed by atoms with Crippen LogP contribution in [0, 0.1) is 0 Å². The van der Waals surface area contributed by atoms with Crippen LogP contribution in [0.3, 0.4) is 0 Å². The van der Waals surface area contributed by atoms with Crippen LogP contribution in [-0.2, 0) is 4.74 Å². The summed E-state index contributed by atoms with van der Waals surface area (Å²) in [6.07, 6.45) is -0.507. The largest absolute Gasteiger partial charge is 0.389 e. The molecule has 2 atom stereocenters. The molecular weight excluding hydrogens is 184 g/mol. The number of hydrogen-bond acceptors (Lipinski definition) is 4. The van der Waals surface area contributed by atoms with Crippen molar-refractivity contribution in [1.29, 1.82) is 0 Å². The van der Waals surface area contributed by atoms with E-state index in [4.69, 9.17) is 10.3 Å². The first kappa shape index (κ1) is 11.3. The van der Waals surface area contributed by atoms with Gasteiger partial charge in [-0.25, -0.2) is 0 Å². The van der Waals surface area contributed by atoms with Crippen molar-refractivity contribution in [2.75, 3.05) is 32.8 Å². The minimum absolute atomic E-state index is 0.0916. The highest BCUT2D eigenvalue weighted by Gasteiger charge is 2.30. The van der Waals surface area contributed by atoms with E-state index in [9.17, 15) is 5.11 Å². The van der Waals surface area contributed by atoms with E-state index in [0.29, 0.717) is 26.2 Å². The number of hydrogen-bond donors (Lipinski definition) is 1. The Morgan fingerprint density at radius 1 is 1.64 bits per heavy atom. The van der Waals surface area contributed by atoms with E-state index >= 15 is 0 Å². The van der Waals surface area contributed by atoms with Crippen LogP contribution in [0.2, 0.25) is 0 Å². The summed E-state index contributed by atoms with van der Waals surface area (Å²) < 4.78 is 5.36. The maximum absolute atomic E-state index is 9.58. The lowest BCUT2D eigenvalue weighted by molar-refractivity contribution is -0.00240. The second kappa shape index (κ2) is 5.82. The fourth-order valence-electron chi connectivity index (χ4n) is 1.62. The molecule has 0 amide bonds. The van der Waals surface area contributed by atoms with Gasteiger partial charge in [0, 0.05) is 37.7 Å². The van der Waals surface area contributed by atoms with Gasteiger partial charge >= 0.3 is 0 Å². The summed E-state index contributed by atoms with van der Waals surface area (Å²) in [6, 6.07) is 0. The SMILES string of the molecule is CCOC1CN(CCN=[N+]=[N-])CC1O. The molecule has 1 heterocycles. The third-order valence-corrected chi connectivity index (χ3v) is 2.27. The fourth-order valence-corrected chi connectivity index (χ4v) is 1.62. The number of β-amino-alcohol motifs (C(OH)–C–C–N with tert-alkyl or cyclic N) is 1. The Labute approximate surface area is 83.1 Å². The van der Waals surface area contributed by atoms with E-state index in [2.05, 4.69) is 10.0 Å². The van der Waals surface area contributed by atoms with Crippen molar-refractivity contribution in [3.05, 3.63) is 10.4 Å². The van der Waals surface area contributed by atoms with E-state index in [0.717, 1.165) is 6.54 Å². The van der Waals surface area contributed by atoms with Crippen LogP contribution in [-0.4, -0.2) is 55.0 Å². The molecule has 6 heteroatoms. The molecule has 0 spiro atoms. The maximum atomic E-state index is 9.58. The highest BCUT2D eigenvalue weighted by atomic mass is 16.5. The topological polar surface area (TPSA) is 81.5 Å². The lowest BCUT2D eigenvalue weighted by Gasteiger charge is -2.13. The first-order chi connectivity index (χ1) is 6.77. The van der Waals surface area contributed by atoms with Gasteiger partial charge in [0.05, 0.1) is 12.2 Å². The molecule has 1 aliphatic rings. The van der Waals surface area contributed by atoms with Crippen molar-refractivity contribution in [3.8, 4) is 0 Å². The summed E-state index contributed by atoms with van der Waals surface area (Å²) in [5.74, 6) is 0. The average molecular weight is 200 g/mol. The van der Waals surface area contributed by atoms with Gasteiger partial charge in [0.15, 0.2) is 0 Å². The summed E-state index contributed by atoms with van der Waals surface area (Å²) in [5, 5.41) is 13.0. The van der Waals surface area contributed by atoms with Crippen LogP contribution in [0.5, 0.6) is 0 Å². The minimum atomic E-state index is -0.416. The molecule has 1 aliphatic heterocycles. The number of aliphatic hydroxyl groups excluding tert-OH is 1. The van der Waals surface area contributed by atoms with Crippen LogP contribution in [0.25, 0.3) is 10.4 Å². The molecule has 1 N–H and O–H groups in total. The normalized spacial score (nSPS) is 27.6. The van der Waals surface area contributed by atoms with Crippen LogP contribution in [0.1, 0.15) is 6.92 Å². The molecule has 0 aromatic heterocycles. The Balaban J connectivity index is 2.27. The first-order valence-corrected chi connectivity index (χ1v) is 4.80. The minimum Gasteiger partial charge on any atom is -0.389 e. The van der Waals surface area contributed by atoms with Gasteiger partial charge in [0.25, 0.3) is 0 Å². The summed E-state index contributed by atoms with van der Waals surface area (Å²) in [4.78, 5) is 4.72. The molecule has 0 aromatic rings. The van der Waals surface area contributed by atoms with Gasteiger partial charge in [0.2, 0.25) is 0 Å². The zero-order valence-corrected chi connectivity index (χ0v) is 8.33. The second-order valence-corrected chi connectivity index (χ2v) is 3.28. The predicted molar refractivity (Wildman–Crippen MR) is 51.9 cm³/mol. The van der Waals surface area contributed by atoms with Crippen molar-refractivity contribution in [3.63, 3.8) is 0 Å². The molecule has 14 heavy (non-hydrogen) atoms. The lowest BCUT2D eigenvalue weighted by atomic mass is 10.3. The van der Waals surface area contributed by atoms with Crippen molar-refractivity contribution in [1.82, 2.24) is 4.90 Å². The molecular formula is C8H16N4O2. The zero-order chi connectivity index (χ0) is 10.4. The molecule has 6 nitrogen and oxygen atoms in total. The van der Waals surface area contributed by atoms with Crippen molar-refractivity contribution in [2.45, 2.75) is 19.1 Å². The third-order valence-electron chi connectivity index (χ3n) is 2.27. The number of aliphatic hydroxyl groups is 1. The van der Waals surface area contributed by atoms with Crippen molar-refractivity contribution < 1.29 is 9.84 Å². The molecule has 0 aliphatic carbocycles. The van der Waals surface area contributed by atoms with Gasteiger partial charge in [-0.3, -0.25) is 4.90 Å². The van der Waals surface area contributed by atoms with Crippen molar-refractivity contribution >= 4 is 0 Å². The number of rotatable bonds is 5. The van der Waals surface area contributed by atoms with E-state index in [1.165, 1.54) is 0 Å². The highest BCUT2D eigenvalue weighted by Crippen LogP contribution is 2.12. The Hall–Kier alpha value is -0.810. The van der Waals surface area contributed by atoms with E-state index in [1.54, 1.807) is 0 Å². The monoisotopic (exact) mass is 200 g/mol. The molecule has 0 radical (unpaired) electrons. The highest BCUT2D eigenvalue weighted by molar-refractivity contribution is 4.84. The van der Waals surface area contributed by atoms with Gasteiger partial charge in [-0.1, -0.05) is 5.11 Å². The summed E-state index contributed by atoms with van der Waals surface area (Å²) in [6.45, 7) is 4.98. The van der Waals surface area contributed by atoms with Crippen molar-refractivity contribution in [2.24, 2.45) is 5.11 Å². The van der Waals surface area contributed by atoms with E-state index in [1.807, 2.05) is 11.8 Å². The molecule has 0 bridgehead atoms. The van der Waals surface area contributed by atoms with Gasteiger partial charge in [-0.2, -0.15) is 0 Å². The van der Waals surface area contributed by atoms with Crippen LogP contribution >= 0.6 is 0 Å². The molecule has 80 valence electrons. The Bertz CT molecular complexity index is 217. The van der Waals surface area contributed by atoms with Gasteiger partial charge in [-0.15, -0.1) is 0 Å². The zero-order valence-electron chi connectivity index (χ0n) is 8.33. The predicted octanol–water partition coefficient (Wildman–Crippen LogP) is 0.378. The Morgan fingerprint density at radius 2 is 2.43 bits per heavy atom. The fraction of sp³-hybridized carbons (Fsp3) is 1.00. The number of likely N-dealkylation sites (tertiary alicyclic amines) is 1.